The number of halogens is 1. The highest BCUT2D eigenvalue weighted by atomic mass is 35.5. The number of hydrogen-bond donors (Lipinski definition) is 1. The highest BCUT2D eigenvalue weighted by Crippen LogP contribution is 2.24. The van der Waals surface area contributed by atoms with Crippen LogP contribution in [0.25, 0.3) is 0 Å². The fourth-order valence-corrected chi connectivity index (χ4v) is 3.00. The lowest BCUT2D eigenvalue weighted by molar-refractivity contribution is 0.0942. The molecule has 1 amide bonds. The molecule has 6 heteroatoms. The molecule has 3 rings (SSSR count). The fourth-order valence-electron chi connectivity index (χ4n) is 2.88. The zero-order valence-corrected chi connectivity index (χ0v) is 15.6. The van der Waals surface area contributed by atoms with Gasteiger partial charge < -0.3 is 5.32 Å². The number of amides is 1. The molecule has 0 aliphatic heterocycles. The Bertz CT molecular complexity index is 875. The lowest BCUT2D eigenvalue weighted by Crippen LogP contribution is -2.29. The van der Waals surface area contributed by atoms with Gasteiger partial charge in [0.25, 0.3) is 5.91 Å². The number of rotatable bonds is 6. The number of nitrogens with zero attached hydrogens (tertiary/aromatic N) is 3. The van der Waals surface area contributed by atoms with Crippen molar-refractivity contribution in [2.24, 2.45) is 0 Å². The molecule has 0 aliphatic rings. The van der Waals surface area contributed by atoms with Crippen LogP contribution in [0.15, 0.2) is 55.0 Å². The summed E-state index contributed by atoms with van der Waals surface area (Å²) < 4.78 is 1.86. The molecule has 2 aromatic heterocycles. The van der Waals surface area contributed by atoms with Gasteiger partial charge in [-0.15, -0.1) is 0 Å². The molecule has 134 valence electrons. The first-order chi connectivity index (χ1) is 12.6. The molecule has 0 spiro atoms. The van der Waals surface area contributed by atoms with Crippen molar-refractivity contribution in [3.05, 3.63) is 82.4 Å². The van der Waals surface area contributed by atoms with E-state index < -0.39 is 0 Å². The van der Waals surface area contributed by atoms with Crippen LogP contribution in [0.2, 0.25) is 5.02 Å². The molecule has 0 saturated heterocycles. The Balaban J connectivity index is 1.91. The molecular formula is C20H21ClN4O. The second kappa shape index (κ2) is 8.15. The van der Waals surface area contributed by atoms with Crippen molar-refractivity contribution in [2.45, 2.75) is 32.9 Å². The first-order valence-electron chi connectivity index (χ1n) is 8.58. The molecule has 3 aromatic rings. The average molecular weight is 369 g/mol. The van der Waals surface area contributed by atoms with Gasteiger partial charge in [-0.1, -0.05) is 36.7 Å². The topological polar surface area (TPSA) is 59.8 Å². The van der Waals surface area contributed by atoms with Gasteiger partial charge in [0.2, 0.25) is 0 Å². The number of carbonyl (C=O) groups is 1. The molecule has 1 aromatic carbocycles. The minimum absolute atomic E-state index is 0.159. The normalized spacial score (nSPS) is 12.0. The zero-order chi connectivity index (χ0) is 18.5. The van der Waals surface area contributed by atoms with Crippen LogP contribution in [0, 0.1) is 6.92 Å². The van der Waals surface area contributed by atoms with E-state index in [-0.39, 0.29) is 11.9 Å². The standard InChI is InChI=1S/C20H21ClN4O/c1-3-11-25-14(2)18(13-23-25)20(26)24-19(16-5-4-10-22-12-16)15-6-8-17(21)9-7-15/h4-10,12-13,19H,3,11H2,1-2H3,(H,24,26). The third-order valence-corrected chi connectivity index (χ3v) is 4.53. The molecule has 1 unspecified atom stereocenters. The second-order valence-electron chi connectivity index (χ2n) is 6.11. The van der Waals surface area contributed by atoms with E-state index in [0.29, 0.717) is 10.6 Å². The Kier molecular flexibility index (Phi) is 5.68. The molecule has 2 heterocycles. The maximum Gasteiger partial charge on any atom is 0.255 e. The Morgan fingerprint density at radius 3 is 2.62 bits per heavy atom. The number of nitrogens with one attached hydrogen (secondary N) is 1. The van der Waals surface area contributed by atoms with Crippen molar-refractivity contribution >= 4 is 17.5 Å². The summed E-state index contributed by atoms with van der Waals surface area (Å²) in [5, 5.41) is 8.08. The van der Waals surface area contributed by atoms with Crippen molar-refractivity contribution in [3.63, 3.8) is 0 Å². The van der Waals surface area contributed by atoms with Crippen LogP contribution in [0.5, 0.6) is 0 Å². The first-order valence-corrected chi connectivity index (χ1v) is 8.96. The highest BCUT2D eigenvalue weighted by Gasteiger charge is 2.21. The van der Waals surface area contributed by atoms with Gasteiger partial charge in [-0.3, -0.25) is 14.5 Å². The van der Waals surface area contributed by atoms with Gasteiger partial charge in [-0.2, -0.15) is 5.10 Å². The van der Waals surface area contributed by atoms with E-state index in [4.69, 9.17) is 11.6 Å². The summed E-state index contributed by atoms with van der Waals surface area (Å²) in [6, 6.07) is 10.9. The Morgan fingerprint density at radius 1 is 1.19 bits per heavy atom. The van der Waals surface area contributed by atoms with Crippen LogP contribution in [0.1, 0.15) is 46.6 Å². The van der Waals surface area contributed by atoms with Crippen LogP contribution in [0.3, 0.4) is 0 Å². The summed E-state index contributed by atoms with van der Waals surface area (Å²) >= 11 is 6.01. The van der Waals surface area contributed by atoms with Crippen molar-refractivity contribution in [1.29, 1.82) is 0 Å². The van der Waals surface area contributed by atoms with Gasteiger partial charge in [0.1, 0.15) is 0 Å². The van der Waals surface area contributed by atoms with Gasteiger partial charge in [0, 0.05) is 29.7 Å². The van der Waals surface area contributed by atoms with E-state index in [1.54, 1.807) is 18.6 Å². The third-order valence-electron chi connectivity index (χ3n) is 4.28. The maximum atomic E-state index is 12.9. The molecule has 0 radical (unpaired) electrons. The fraction of sp³-hybridized carbons (Fsp3) is 0.250. The number of aryl methyl sites for hydroxylation is 1. The summed E-state index contributed by atoms with van der Waals surface area (Å²) in [6.45, 7) is 4.79. The Labute approximate surface area is 158 Å². The van der Waals surface area contributed by atoms with Crippen molar-refractivity contribution in [3.8, 4) is 0 Å². The van der Waals surface area contributed by atoms with Gasteiger partial charge in [-0.05, 0) is 42.7 Å². The SMILES string of the molecule is CCCn1ncc(C(=O)NC(c2ccc(Cl)cc2)c2cccnc2)c1C. The number of benzene rings is 1. The van der Waals surface area contributed by atoms with Gasteiger partial charge in [0.05, 0.1) is 17.8 Å². The van der Waals surface area contributed by atoms with Gasteiger partial charge in [-0.25, -0.2) is 0 Å². The number of hydrogen-bond acceptors (Lipinski definition) is 3. The predicted molar refractivity (Wildman–Crippen MR) is 102 cm³/mol. The van der Waals surface area contributed by atoms with E-state index in [2.05, 4.69) is 22.3 Å². The minimum Gasteiger partial charge on any atom is -0.341 e. The molecule has 1 atom stereocenters. The lowest BCUT2D eigenvalue weighted by Gasteiger charge is -2.19. The molecule has 0 fully saturated rings. The van der Waals surface area contributed by atoms with E-state index in [9.17, 15) is 4.79 Å². The number of pyridine rings is 1. The number of carbonyl (C=O) groups excluding carboxylic acids is 1. The number of aromatic nitrogens is 3. The van der Waals surface area contributed by atoms with Gasteiger partial charge >= 0.3 is 0 Å². The Hall–Kier alpha value is -2.66. The summed E-state index contributed by atoms with van der Waals surface area (Å²) in [6.07, 6.45) is 6.06. The van der Waals surface area contributed by atoms with Crippen LogP contribution in [-0.2, 0) is 6.54 Å². The maximum absolute atomic E-state index is 12.9. The minimum atomic E-state index is -0.317. The quantitative estimate of drug-likeness (QED) is 0.710. The molecule has 5 nitrogen and oxygen atoms in total. The van der Waals surface area contributed by atoms with Crippen LogP contribution in [-0.4, -0.2) is 20.7 Å². The summed E-state index contributed by atoms with van der Waals surface area (Å²) in [5.74, 6) is -0.159. The zero-order valence-electron chi connectivity index (χ0n) is 14.8. The molecule has 26 heavy (non-hydrogen) atoms. The van der Waals surface area contributed by atoms with Crippen LogP contribution < -0.4 is 5.32 Å². The molecule has 0 aliphatic carbocycles. The third kappa shape index (κ3) is 3.94. The molecular weight excluding hydrogens is 348 g/mol. The lowest BCUT2D eigenvalue weighted by atomic mass is 9.99. The molecule has 0 bridgehead atoms. The van der Waals surface area contributed by atoms with Crippen LogP contribution in [0.4, 0.5) is 0 Å². The van der Waals surface area contributed by atoms with E-state index >= 15 is 0 Å². The summed E-state index contributed by atoms with van der Waals surface area (Å²) in [7, 11) is 0. The first kappa shape index (κ1) is 18.1. The van der Waals surface area contributed by atoms with Gasteiger partial charge in [0.15, 0.2) is 0 Å². The monoisotopic (exact) mass is 368 g/mol. The smallest absolute Gasteiger partial charge is 0.255 e. The highest BCUT2D eigenvalue weighted by molar-refractivity contribution is 6.30. The molecule has 0 saturated carbocycles. The largest absolute Gasteiger partial charge is 0.341 e. The predicted octanol–water partition coefficient (Wildman–Crippen LogP) is 4.17. The van der Waals surface area contributed by atoms with Crippen LogP contribution >= 0.6 is 11.6 Å². The van der Waals surface area contributed by atoms with E-state index in [1.165, 1.54) is 0 Å². The average Bonchev–Trinajstić information content (AvgIpc) is 3.02. The molecule has 1 N–H and O–H groups in total. The Morgan fingerprint density at radius 2 is 1.96 bits per heavy atom. The summed E-state index contributed by atoms with van der Waals surface area (Å²) in [5.41, 5.74) is 3.29. The van der Waals surface area contributed by atoms with E-state index in [1.807, 2.05) is 48.0 Å². The van der Waals surface area contributed by atoms with Crippen molar-refractivity contribution in [1.82, 2.24) is 20.1 Å². The van der Waals surface area contributed by atoms with E-state index in [0.717, 1.165) is 29.8 Å². The second-order valence-corrected chi connectivity index (χ2v) is 6.55. The summed E-state index contributed by atoms with van der Waals surface area (Å²) in [4.78, 5) is 17.1. The van der Waals surface area contributed by atoms with Crippen molar-refractivity contribution in [2.75, 3.05) is 0 Å². The van der Waals surface area contributed by atoms with Crippen molar-refractivity contribution < 1.29 is 4.79 Å².